The molecule has 4 rings (SSSR count). The van der Waals surface area contributed by atoms with Crippen molar-refractivity contribution in [3.05, 3.63) is 24.3 Å². The molecule has 0 unspecified atom stereocenters. The van der Waals surface area contributed by atoms with Gasteiger partial charge in [-0.25, -0.2) is 4.79 Å². The lowest BCUT2D eigenvalue weighted by Crippen LogP contribution is -2.57. The Balaban J connectivity index is 1.57. The van der Waals surface area contributed by atoms with E-state index in [9.17, 15) is 19.8 Å². The third-order valence-corrected chi connectivity index (χ3v) is 7.25. The fourth-order valence-corrected chi connectivity index (χ4v) is 5.59. The van der Waals surface area contributed by atoms with Crippen LogP contribution in [0.1, 0.15) is 39.5 Å². The van der Waals surface area contributed by atoms with Crippen molar-refractivity contribution in [2.24, 2.45) is 17.8 Å². The van der Waals surface area contributed by atoms with Gasteiger partial charge < -0.3 is 29.2 Å². The number of carbonyl (C=O) groups excluding carboxylic acids is 2. The van der Waals surface area contributed by atoms with Gasteiger partial charge in [0.2, 0.25) is 0 Å². The lowest BCUT2D eigenvalue weighted by molar-refractivity contribution is -0.307. The molecule has 0 aromatic rings. The van der Waals surface area contributed by atoms with Crippen LogP contribution in [0, 0.1) is 17.8 Å². The van der Waals surface area contributed by atoms with Gasteiger partial charge in [-0.15, -0.1) is 0 Å². The maximum Gasteiger partial charge on any atom is 0.334 e. The lowest BCUT2D eigenvalue weighted by atomic mass is 9.78. The maximum absolute atomic E-state index is 12.0. The van der Waals surface area contributed by atoms with Gasteiger partial charge in [-0.1, -0.05) is 18.7 Å². The quantitative estimate of drug-likeness (QED) is 0.397. The SMILES string of the molecule is C=C1C[C@H]2OC(=O)C(=C)[C@H]2C[C@@H]2[C@@H]1CC[C@@]2(C)O[C@@H]1OC[C@H](O)[C@H](O)[C@H]1OC(C)=O. The summed E-state index contributed by atoms with van der Waals surface area (Å²) >= 11 is 0. The van der Waals surface area contributed by atoms with Crippen molar-refractivity contribution in [3.63, 3.8) is 0 Å². The number of ether oxygens (including phenoxy) is 4. The van der Waals surface area contributed by atoms with Crippen LogP contribution in [-0.2, 0) is 28.5 Å². The van der Waals surface area contributed by atoms with E-state index in [1.807, 2.05) is 6.92 Å². The van der Waals surface area contributed by atoms with E-state index in [1.54, 1.807) is 0 Å². The Bertz CT molecular complexity index is 762. The van der Waals surface area contributed by atoms with Gasteiger partial charge in [0, 0.05) is 24.8 Å². The molecule has 9 atom stereocenters. The summed E-state index contributed by atoms with van der Waals surface area (Å²) in [5, 5.41) is 20.3. The van der Waals surface area contributed by atoms with E-state index in [0.717, 1.165) is 18.4 Å². The van der Waals surface area contributed by atoms with Gasteiger partial charge in [0.05, 0.1) is 12.2 Å². The Labute approximate surface area is 175 Å². The lowest BCUT2D eigenvalue weighted by Gasteiger charge is -2.43. The van der Waals surface area contributed by atoms with Crippen molar-refractivity contribution in [1.82, 2.24) is 0 Å². The molecule has 2 N–H and O–H groups in total. The van der Waals surface area contributed by atoms with Gasteiger partial charge in [0.25, 0.3) is 0 Å². The summed E-state index contributed by atoms with van der Waals surface area (Å²) in [6.45, 7) is 11.3. The minimum absolute atomic E-state index is 0.0387. The predicted molar refractivity (Wildman–Crippen MR) is 104 cm³/mol. The van der Waals surface area contributed by atoms with Crippen molar-refractivity contribution >= 4 is 11.9 Å². The highest BCUT2D eigenvalue weighted by Crippen LogP contribution is 2.54. The first kappa shape index (κ1) is 21.5. The third-order valence-electron chi connectivity index (χ3n) is 7.25. The van der Waals surface area contributed by atoms with Crippen LogP contribution in [0.15, 0.2) is 24.3 Å². The molecular weight excluding hydrogens is 392 g/mol. The minimum Gasteiger partial charge on any atom is -0.458 e. The monoisotopic (exact) mass is 422 g/mol. The van der Waals surface area contributed by atoms with Crippen LogP contribution in [-0.4, -0.2) is 65.1 Å². The molecule has 8 nitrogen and oxygen atoms in total. The smallest absolute Gasteiger partial charge is 0.334 e. The number of aliphatic hydroxyl groups is 2. The van der Waals surface area contributed by atoms with Crippen LogP contribution < -0.4 is 0 Å². The Morgan fingerprint density at radius 1 is 1.27 bits per heavy atom. The fraction of sp³-hybridized carbons (Fsp3) is 0.727. The molecule has 4 aliphatic rings. The molecule has 4 fully saturated rings. The molecule has 2 heterocycles. The molecule has 2 saturated carbocycles. The fourth-order valence-electron chi connectivity index (χ4n) is 5.59. The zero-order valence-corrected chi connectivity index (χ0v) is 17.4. The summed E-state index contributed by atoms with van der Waals surface area (Å²) in [6, 6.07) is 0. The summed E-state index contributed by atoms with van der Waals surface area (Å²) in [4.78, 5) is 23.6. The number of esters is 2. The Morgan fingerprint density at radius 3 is 2.70 bits per heavy atom. The number of carbonyl (C=O) groups is 2. The summed E-state index contributed by atoms with van der Waals surface area (Å²) in [7, 11) is 0. The summed E-state index contributed by atoms with van der Waals surface area (Å²) < 4.78 is 22.8. The van der Waals surface area contributed by atoms with Crippen LogP contribution in [0.5, 0.6) is 0 Å². The molecule has 2 aliphatic heterocycles. The van der Waals surface area contributed by atoms with Gasteiger partial charge in [-0.05, 0) is 38.0 Å². The Kier molecular flexibility index (Phi) is 5.55. The molecule has 2 saturated heterocycles. The zero-order valence-electron chi connectivity index (χ0n) is 17.4. The molecule has 0 radical (unpaired) electrons. The van der Waals surface area contributed by atoms with E-state index in [4.69, 9.17) is 18.9 Å². The summed E-state index contributed by atoms with van der Waals surface area (Å²) in [6.07, 6.45) is -1.95. The normalized spacial score (nSPS) is 46.1. The highest BCUT2D eigenvalue weighted by molar-refractivity contribution is 5.90. The van der Waals surface area contributed by atoms with Crippen molar-refractivity contribution in [2.75, 3.05) is 6.61 Å². The van der Waals surface area contributed by atoms with Gasteiger partial charge >= 0.3 is 11.9 Å². The third kappa shape index (κ3) is 3.60. The molecule has 0 spiro atoms. The summed E-state index contributed by atoms with van der Waals surface area (Å²) in [5.74, 6) is -0.785. The minimum atomic E-state index is -1.30. The van der Waals surface area contributed by atoms with Crippen molar-refractivity contribution in [3.8, 4) is 0 Å². The predicted octanol–water partition coefficient (Wildman–Crippen LogP) is 1.25. The number of hydrogen-bond donors (Lipinski definition) is 2. The van der Waals surface area contributed by atoms with Gasteiger partial charge in [0.15, 0.2) is 12.4 Å². The van der Waals surface area contributed by atoms with E-state index >= 15 is 0 Å². The summed E-state index contributed by atoms with van der Waals surface area (Å²) in [5.41, 5.74) is 0.881. The van der Waals surface area contributed by atoms with Crippen LogP contribution in [0.3, 0.4) is 0 Å². The molecule has 0 amide bonds. The van der Waals surface area contributed by atoms with Crippen molar-refractivity contribution < 1.29 is 38.7 Å². The van der Waals surface area contributed by atoms with Gasteiger partial charge in [0.1, 0.15) is 18.3 Å². The van der Waals surface area contributed by atoms with Crippen molar-refractivity contribution in [2.45, 2.75) is 75.8 Å². The number of rotatable bonds is 3. The topological polar surface area (TPSA) is 112 Å². The molecule has 0 aromatic carbocycles. The largest absolute Gasteiger partial charge is 0.458 e. The second-order valence-electron chi connectivity index (χ2n) is 9.19. The van der Waals surface area contributed by atoms with Crippen LogP contribution in [0.2, 0.25) is 0 Å². The standard InChI is InChI=1S/C22H30O8/c1-10-7-17-14(11(2)20(26)29-17)8-15-13(10)5-6-22(15,4)30-21-19(28-12(3)23)18(25)16(24)9-27-21/h13-19,21,24-25H,1-2,5-9H2,3-4H3/t13-,14-,15-,16+,17-,18+,19-,21+,22-/m1/s1. The maximum atomic E-state index is 12.0. The van der Waals surface area contributed by atoms with Crippen molar-refractivity contribution in [1.29, 1.82) is 0 Å². The molecule has 2 aliphatic carbocycles. The van der Waals surface area contributed by atoms with Crippen LogP contribution in [0.4, 0.5) is 0 Å². The molecule has 0 aromatic heterocycles. The van der Waals surface area contributed by atoms with E-state index in [0.29, 0.717) is 18.4 Å². The number of aliphatic hydroxyl groups excluding tert-OH is 2. The highest BCUT2D eigenvalue weighted by atomic mass is 16.7. The van der Waals surface area contributed by atoms with E-state index in [2.05, 4.69) is 13.2 Å². The van der Waals surface area contributed by atoms with E-state index < -0.39 is 36.2 Å². The first-order valence-corrected chi connectivity index (χ1v) is 10.5. The van der Waals surface area contributed by atoms with Crippen LogP contribution in [0.25, 0.3) is 0 Å². The average Bonchev–Trinajstić information content (AvgIpc) is 3.07. The molecule has 8 heteroatoms. The second kappa shape index (κ2) is 7.75. The van der Waals surface area contributed by atoms with Gasteiger partial charge in [-0.2, -0.15) is 0 Å². The second-order valence-corrected chi connectivity index (χ2v) is 9.19. The highest BCUT2D eigenvalue weighted by Gasteiger charge is 2.55. The molecule has 166 valence electrons. The Hall–Kier alpha value is -1.74. The number of hydrogen-bond acceptors (Lipinski definition) is 8. The van der Waals surface area contributed by atoms with Crippen LogP contribution >= 0.6 is 0 Å². The number of fused-ring (bicyclic) bond motifs is 2. The van der Waals surface area contributed by atoms with E-state index in [-0.39, 0.29) is 36.4 Å². The average molecular weight is 422 g/mol. The zero-order chi connectivity index (χ0) is 21.8. The first-order valence-electron chi connectivity index (χ1n) is 10.5. The molecule has 0 bridgehead atoms. The molecule has 30 heavy (non-hydrogen) atoms. The first-order chi connectivity index (χ1) is 14.1. The van der Waals surface area contributed by atoms with E-state index in [1.165, 1.54) is 6.92 Å². The molecular formula is C22H30O8. The van der Waals surface area contributed by atoms with Gasteiger partial charge in [-0.3, -0.25) is 4.79 Å². The Morgan fingerprint density at radius 2 is 2.00 bits per heavy atom.